The molecule has 0 aliphatic carbocycles. The predicted molar refractivity (Wildman–Crippen MR) is 76.4 cm³/mol. The molecule has 1 N–H and O–H groups in total. The van der Waals surface area contributed by atoms with Gasteiger partial charge in [0.25, 0.3) is 0 Å². The molecule has 0 fully saturated rings. The lowest BCUT2D eigenvalue weighted by Gasteiger charge is -2.03. The molecule has 0 bridgehead atoms. The molecule has 0 radical (unpaired) electrons. The number of benzene rings is 2. The van der Waals surface area contributed by atoms with Gasteiger partial charge in [-0.25, -0.2) is 0 Å². The minimum absolute atomic E-state index is 0.688. The van der Waals surface area contributed by atoms with E-state index < -0.39 is 0 Å². The van der Waals surface area contributed by atoms with E-state index in [4.69, 9.17) is 5.26 Å². The van der Waals surface area contributed by atoms with Crippen LogP contribution >= 0.6 is 0 Å². The highest BCUT2D eigenvalue weighted by Crippen LogP contribution is 2.24. The van der Waals surface area contributed by atoms with Gasteiger partial charge in [0.15, 0.2) is 0 Å². The lowest BCUT2D eigenvalue weighted by molar-refractivity contribution is 1.41. The molecule has 3 rings (SSSR count). The van der Waals surface area contributed by atoms with E-state index in [1.807, 2.05) is 36.7 Å². The highest BCUT2D eigenvalue weighted by Gasteiger charge is 2.00. The maximum absolute atomic E-state index is 8.79. The number of hydrogen-bond acceptors (Lipinski definition) is 1. The van der Waals surface area contributed by atoms with Crippen molar-refractivity contribution in [1.82, 2.24) is 4.98 Å². The van der Waals surface area contributed by atoms with E-state index in [-0.39, 0.29) is 0 Å². The van der Waals surface area contributed by atoms with Gasteiger partial charge in [-0.3, -0.25) is 0 Å². The van der Waals surface area contributed by atoms with E-state index in [9.17, 15) is 0 Å². The van der Waals surface area contributed by atoms with Gasteiger partial charge in [0.1, 0.15) is 0 Å². The summed E-state index contributed by atoms with van der Waals surface area (Å²) >= 11 is 0. The second-order valence-electron chi connectivity index (χ2n) is 4.37. The van der Waals surface area contributed by atoms with Gasteiger partial charge in [-0.2, -0.15) is 5.26 Å². The standard InChI is InChI=1S/C17H12N2/c18-11-13-1-3-14(4-2-13)15-5-7-16(8-6-15)17-9-10-19-12-17/h1-10,12,19H. The first-order valence-electron chi connectivity index (χ1n) is 6.10. The summed E-state index contributed by atoms with van der Waals surface area (Å²) in [5.74, 6) is 0. The van der Waals surface area contributed by atoms with Crippen LogP contribution in [0.5, 0.6) is 0 Å². The van der Waals surface area contributed by atoms with Crippen LogP contribution in [-0.4, -0.2) is 4.98 Å². The molecule has 2 heteroatoms. The Balaban J connectivity index is 1.92. The Bertz CT molecular complexity index is 699. The Kier molecular flexibility index (Phi) is 2.88. The van der Waals surface area contributed by atoms with E-state index in [2.05, 4.69) is 41.4 Å². The molecular weight excluding hydrogens is 232 g/mol. The second-order valence-corrected chi connectivity index (χ2v) is 4.37. The Labute approximate surface area is 112 Å². The van der Waals surface area contributed by atoms with Crippen molar-refractivity contribution in [2.45, 2.75) is 0 Å². The molecule has 0 amide bonds. The van der Waals surface area contributed by atoms with E-state index in [1.54, 1.807) is 0 Å². The molecule has 0 unspecified atom stereocenters. The number of aromatic amines is 1. The van der Waals surface area contributed by atoms with Crippen molar-refractivity contribution in [1.29, 1.82) is 5.26 Å². The van der Waals surface area contributed by atoms with Crippen molar-refractivity contribution in [2.75, 3.05) is 0 Å². The van der Waals surface area contributed by atoms with Crippen LogP contribution in [0.2, 0.25) is 0 Å². The molecule has 0 atom stereocenters. The fourth-order valence-corrected chi connectivity index (χ4v) is 2.10. The van der Waals surface area contributed by atoms with Crippen LogP contribution < -0.4 is 0 Å². The van der Waals surface area contributed by atoms with Gasteiger partial charge in [0.05, 0.1) is 11.6 Å². The fraction of sp³-hybridized carbons (Fsp3) is 0. The lowest BCUT2D eigenvalue weighted by atomic mass is 10.0. The van der Waals surface area contributed by atoms with E-state index in [1.165, 1.54) is 11.1 Å². The quantitative estimate of drug-likeness (QED) is 0.720. The summed E-state index contributed by atoms with van der Waals surface area (Å²) in [7, 11) is 0. The molecule has 90 valence electrons. The third-order valence-electron chi connectivity index (χ3n) is 3.16. The summed E-state index contributed by atoms with van der Waals surface area (Å²) in [5, 5.41) is 8.79. The van der Waals surface area contributed by atoms with Crippen molar-refractivity contribution in [3.63, 3.8) is 0 Å². The largest absolute Gasteiger partial charge is 0.367 e. The maximum Gasteiger partial charge on any atom is 0.0991 e. The average molecular weight is 244 g/mol. The van der Waals surface area contributed by atoms with E-state index in [0.29, 0.717) is 5.56 Å². The zero-order valence-corrected chi connectivity index (χ0v) is 10.3. The van der Waals surface area contributed by atoms with Gasteiger partial charge in [0, 0.05) is 12.4 Å². The number of nitrogens with one attached hydrogen (secondary N) is 1. The number of nitrogens with zero attached hydrogens (tertiary/aromatic N) is 1. The number of nitriles is 1. The molecule has 0 saturated heterocycles. The first kappa shape index (κ1) is 11.3. The zero-order valence-electron chi connectivity index (χ0n) is 10.3. The smallest absolute Gasteiger partial charge is 0.0991 e. The van der Waals surface area contributed by atoms with Crippen LogP contribution in [0.4, 0.5) is 0 Å². The normalized spacial score (nSPS) is 10.1. The summed E-state index contributed by atoms with van der Waals surface area (Å²) in [6.45, 7) is 0. The predicted octanol–water partition coefficient (Wildman–Crippen LogP) is 4.22. The Morgan fingerprint density at radius 1 is 0.684 bits per heavy atom. The van der Waals surface area contributed by atoms with Gasteiger partial charge in [0.2, 0.25) is 0 Å². The number of aromatic nitrogens is 1. The van der Waals surface area contributed by atoms with Gasteiger partial charge in [-0.1, -0.05) is 36.4 Å². The summed E-state index contributed by atoms with van der Waals surface area (Å²) in [4.78, 5) is 3.06. The van der Waals surface area contributed by atoms with Crippen molar-refractivity contribution in [2.24, 2.45) is 0 Å². The Morgan fingerprint density at radius 3 is 1.68 bits per heavy atom. The van der Waals surface area contributed by atoms with Gasteiger partial charge >= 0.3 is 0 Å². The van der Waals surface area contributed by atoms with Crippen LogP contribution in [0.3, 0.4) is 0 Å². The fourth-order valence-electron chi connectivity index (χ4n) is 2.10. The molecule has 0 spiro atoms. The molecule has 1 aromatic heterocycles. The monoisotopic (exact) mass is 244 g/mol. The molecule has 19 heavy (non-hydrogen) atoms. The molecule has 0 saturated carbocycles. The van der Waals surface area contributed by atoms with E-state index in [0.717, 1.165) is 11.1 Å². The van der Waals surface area contributed by atoms with Gasteiger partial charge in [-0.05, 0) is 40.5 Å². The Hall–Kier alpha value is -2.79. The molecule has 0 aliphatic rings. The first-order chi connectivity index (χ1) is 9.36. The van der Waals surface area contributed by atoms with Crippen molar-refractivity contribution < 1.29 is 0 Å². The lowest BCUT2D eigenvalue weighted by Crippen LogP contribution is -1.80. The summed E-state index contributed by atoms with van der Waals surface area (Å²) in [6.07, 6.45) is 3.90. The van der Waals surface area contributed by atoms with Crippen LogP contribution in [0.25, 0.3) is 22.3 Å². The summed E-state index contributed by atoms with van der Waals surface area (Å²) in [5.41, 5.74) is 5.35. The van der Waals surface area contributed by atoms with E-state index >= 15 is 0 Å². The van der Waals surface area contributed by atoms with Crippen LogP contribution in [0.1, 0.15) is 5.56 Å². The zero-order chi connectivity index (χ0) is 13.1. The van der Waals surface area contributed by atoms with Crippen LogP contribution in [-0.2, 0) is 0 Å². The third-order valence-corrected chi connectivity index (χ3v) is 3.16. The Morgan fingerprint density at radius 2 is 1.21 bits per heavy atom. The van der Waals surface area contributed by atoms with Crippen LogP contribution in [0.15, 0.2) is 67.0 Å². The second kappa shape index (κ2) is 4.83. The molecule has 1 heterocycles. The van der Waals surface area contributed by atoms with Crippen molar-refractivity contribution >= 4 is 0 Å². The summed E-state index contributed by atoms with van der Waals surface area (Å²) < 4.78 is 0. The highest BCUT2D eigenvalue weighted by atomic mass is 14.6. The topological polar surface area (TPSA) is 39.6 Å². The number of rotatable bonds is 2. The molecule has 3 aromatic rings. The average Bonchev–Trinajstić information content (AvgIpc) is 3.02. The first-order valence-corrected chi connectivity index (χ1v) is 6.10. The van der Waals surface area contributed by atoms with Gasteiger partial charge in [-0.15, -0.1) is 0 Å². The third kappa shape index (κ3) is 2.27. The molecule has 0 aliphatic heterocycles. The molecule has 2 aromatic carbocycles. The van der Waals surface area contributed by atoms with Crippen molar-refractivity contribution in [3.8, 4) is 28.3 Å². The highest BCUT2D eigenvalue weighted by molar-refractivity contribution is 5.70. The minimum atomic E-state index is 0.688. The molecular formula is C17H12N2. The molecule has 2 nitrogen and oxygen atoms in total. The number of H-pyrrole nitrogens is 1. The van der Waals surface area contributed by atoms with Gasteiger partial charge < -0.3 is 4.98 Å². The number of hydrogen-bond donors (Lipinski definition) is 1. The van der Waals surface area contributed by atoms with Crippen LogP contribution in [0, 0.1) is 11.3 Å². The SMILES string of the molecule is N#Cc1ccc(-c2ccc(-c3cc[nH]c3)cc2)cc1. The maximum atomic E-state index is 8.79. The minimum Gasteiger partial charge on any atom is -0.367 e. The summed E-state index contributed by atoms with van der Waals surface area (Å²) in [6, 6.07) is 20.2. The van der Waals surface area contributed by atoms with Crippen molar-refractivity contribution in [3.05, 3.63) is 72.6 Å².